The summed E-state index contributed by atoms with van der Waals surface area (Å²) in [4.78, 5) is 16.9. The number of nitrogens with one attached hydrogen (secondary N) is 2. The topological polar surface area (TPSA) is 98.0 Å². The molecule has 4 N–H and O–H groups in total. The van der Waals surface area contributed by atoms with E-state index in [2.05, 4.69) is 15.6 Å². The second-order valence-electron chi connectivity index (χ2n) is 7.42. The quantitative estimate of drug-likeness (QED) is 0.268. The van der Waals surface area contributed by atoms with E-state index in [0.717, 1.165) is 42.6 Å². The average molecular weight is 538 g/mol. The number of halogens is 1. The minimum atomic E-state index is 0. The van der Waals surface area contributed by atoms with E-state index in [4.69, 9.17) is 15.2 Å². The Hall–Kier alpha value is -2.49. The third-order valence-electron chi connectivity index (χ3n) is 5.26. The highest BCUT2D eigenvalue weighted by Crippen LogP contribution is 2.29. The fourth-order valence-corrected chi connectivity index (χ4v) is 3.63. The Balaban J connectivity index is 0.00000341. The van der Waals surface area contributed by atoms with Crippen LogP contribution in [0.1, 0.15) is 37.7 Å². The van der Waals surface area contributed by atoms with E-state index in [1.807, 2.05) is 30.3 Å². The smallest absolute Gasteiger partial charge is 0.227 e. The predicted octanol–water partition coefficient (Wildman–Crippen LogP) is 4.77. The van der Waals surface area contributed by atoms with Crippen LogP contribution in [0.4, 0.5) is 11.4 Å². The largest absolute Gasteiger partial charge is 0.493 e. The minimum Gasteiger partial charge on any atom is -0.493 e. The number of carbonyl (C=O) groups is 1. The van der Waals surface area contributed by atoms with Crippen LogP contribution < -0.4 is 25.8 Å². The molecule has 1 amide bonds. The average Bonchev–Trinajstić information content (AvgIpc) is 2.78. The minimum absolute atomic E-state index is 0. The molecule has 0 radical (unpaired) electrons. The van der Waals surface area contributed by atoms with Crippen molar-refractivity contribution in [3.05, 3.63) is 48.0 Å². The number of anilines is 2. The van der Waals surface area contributed by atoms with Gasteiger partial charge in [0.15, 0.2) is 17.5 Å². The molecular formula is C23H31IN4O3. The van der Waals surface area contributed by atoms with Gasteiger partial charge in [-0.15, -0.1) is 24.0 Å². The highest BCUT2D eigenvalue weighted by molar-refractivity contribution is 14.0. The van der Waals surface area contributed by atoms with Crippen LogP contribution in [0.25, 0.3) is 0 Å². The molecule has 2 aromatic carbocycles. The molecule has 7 nitrogen and oxygen atoms in total. The normalized spacial score (nSPS) is 14.3. The summed E-state index contributed by atoms with van der Waals surface area (Å²) < 4.78 is 10.5. The molecule has 8 heteroatoms. The molecule has 0 aromatic heterocycles. The van der Waals surface area contributed by atoms with Crippen LogP contribution in [-0.4, -0.2) is 26.1 Å². The summed E-state index contributed by atoms with van der Waals surface area (Å²) in [5.41, 5.74) is 8.54. The van der Waals surface area contributed by atoms with Gasteiger partial charge in [-0.25, -0.2) is 4.99 Å². The van der Waals surface area contributed by atoms with Crippen LogP contribution in [-0.2, 0) is 11.3 Å². The molecule has 1 saturated carbocycles. The number of ether oxygens (including phenoxy) is 2. The third kappa shape index (κ3) is 7.30. The molecule has 1 fully saturated rings. The Labute approximate surface area is 200 Å². The zero-order valence-electron chi connectivity index (χ0n) is 18.0. The fraction of sp³-hybridized carbons (Fsp3) is 0.391. The molecule has 0 bridgehead atoms. The van der Waals surface area contributed by atoms with Gasteiger partial charge >= 0.3 is 0 Å². The van der Waals surface area contributed by atoms with Crippen molar-refractivity contribution in [3.8, 4) is 11.5 Å². The van der Waals surface area contributed by atoms with Crippen molar-refractivity contribution in [1.82, 2.24) is 0 Å². The van der Waals surface area contributed by atoms with Crippen molar-refractivity contribution < 1.29 is 14.3 Å². The monoisotopic (exact) mass is 538 g/mol. The fourth-order valence-electron chi connectivity index (χ4n) is 3.63. The summed E-state index contributed by atoms with van der Waals surface area (Å²) in [5.74, 6) is 1.79. The van der Waals surface area contributed by atoms with E-state index in [9.17, 15) is 4.79 Å². The molecule has 31 heavy (non-hydrogen) atoms. The van der Waals surface area contributed by atoms with Crippen molar-refractivity contribution in [3.63, 3.8) is 0 Å². The number of amides is 1. The third-order valence-corrected chi connectivity index (χ3v) is 5.26. The number of carbonyl (C=O) groups excluding carboxylic acids is 1. The first kappa shape index (κ1) is 24.8. The van der Waals surface area contributed by atoms with Crippen LogP contribution in [0.15, 0.2) is 47.5 Å². The number of nitrogens with zero attached hydrogens (tertiary/aromatic N) is 1. The standard InChI is InChI=1S/C23H30N4O3.HI/c1-29-20-12-11-19(14-21(20)30-2)27-23(24)25-15-16-7-6-10-18(13-16)26-22(28)17-8-4-3-5-9-17;/h6-7,10-14,17H,3-5,8-9,15H2,1-2H3,(H,26,28)(H3,24,25,27);1H. The van der Waals surface area contributed by atoms with Crippen LogP contribution in [0, 0.1) is 5.92 Å². The van der Waals surface area contributed by atoms with Crippen molar-refractivity contribution in [2.45, 2.75) is 38.6 Å². The summed E-state index contributed by atoms with van der Waals surface area (Å²) >= 11 is 0. The lowest BCUT2D eigenvalue weighted by Crippen LogP contribution is -2.24. The van der Waals surface area contributed by atoms with Crippen molar-refractivity contribution in [2.75, 3.05) is 24.9 Å². The first-order valence-electron chi connectivity index (χ1n) is 10.3. The van der Waals surface area contributed by atoms with Crippen LogP contribution in [0.3, 0.4) is 0 Å². The maximum Gasteiger partial charge on any atom is 0.227 e. The van der Waals surface area contributed by atoms with E-state index in [1.165, 1.54) is 6.42 Å². The summed E-state index contributed by atoms with van der Waals surface area (Å²) in [7, 11) is 3.17. The van der Waals surface area contributed by atoms with Gasteiger partial charge in [-0.2, -0.15) is 0 Å². The van der Waals surface area contributed by atoms with E-state index in [-0.39, 0.29) is 35.8 Å². The number of nitrogens with two attached hydrogens (primary N) is 1. The summed E-state index contributed by atoms with van der Waals surface area (Å²) in [6.07, 6.45) is 5.47. The van der Waals surface area contributed by atoms with Crippen molar-refractivity contribution in [2.24, 2.45) is 16.6 Å². The molecule has 3 rings (SSSR count). The SMILES string of the molecule is COc1ccc(NC(N)=NCc2cccc(NC(=O)C3CCCCC3)c2)cc1OC.I. The Morgan fingerprint density at radius 3 is 2.42 bits per heavy atom. The number of aliphatic imine (C=N–C) groups is 1. The highest BCUT2D eigenvalue weighted by atomic mass is 127. The lowest BCUT2D eigenvalue weighted by atomic mass is 9.88. The molecular weight excluding hydrogens is 507 g/mol. The molecule has 0 unspecified atom stereocenters. The lowest BCUT2D eigenvalue weighted by Gasteiger charge is -2.20. The summed E-state index contributed by atoms with van der Waals surface area (Å²) in [6, 6.07) is 13.1. The van der Waals surface area contributed by atoms with Crippen LogP contribution in [0.5, 0.6) is 11.5 Å². The molecule has 168 valence electrons. The Morgan fingerprint density at radius 1 is 1.00 bits per heavy atom. The predicted molar refractivity (Wildman–Crippen MR) is 136 cm³/mol. The Bertz CT molecular complexity index is 898. The van der Waals surface area contributed by atoms with Gasteiger partial charge in [0.05, 0.1) is 20.8 Å². The van der Waals surface area contributed by atoms with E-state index in [1.54, 1.807) is 26.4 Å². The van der Waals surface area contributed by atoms with Crippen LogP contribution in [0.2, 0.25) is 0 Å². The molecule has 2 aromatic rings. The number of hydrogen-bond donors (Lipinski definition) is 3. The number of rotatable bonds is 7. The van der Waals surface area contributed by atoms with Crippen molar-refractivity contribution in [1.29, 1.82) is 0 Å². The first-order chi connectivity index (χ1) is 14.6. The van der Waals surface area contributed by atoms with Gasteiger partial charge < -0.3 is 25.8 Å². The van der Waals surface area contributed by atoms with Gasteiger partial charge in [-0.3, -0.25) is 4.79 Å². The second-order valence-corrected chi connectivity index (χ2v) is 7.42. The van der Waals surface area contributed by atoms with Gasteiger partial charge in [-0.05, 0) is 42.7 Å². The van der Waals surface area contributed by atoms with Gasteiger partial charge in [0, 0.05) is 23.4 Å². The lowest BCUT2D eigenvalue weighted by molar-refractivity contribution is -0.120. The van der Waals surface area contributed by atoms with E-state index < -0.39 is 0 Å². The summed E-state index contributed by atoms with van der Waals surface area (Å²) in [6.45, 7) is 0.402. The highest BCUT2D eigenvalue weighted by Gasteiger charge is 2.21. The first-order valence-corrected chi connectivity index (χ1v) is 10.3. The Morgan fingerprint density at radius 2 is 1.71 bits per heavy atom. The molecule has 0 spiro atoms. The molecule has 1 aliphatic rings. The molecule has 0 aliphatic heterocycles. The van der Waals surface area contributed by atoms with Crippen molar-refractivity contribution >= 4 is 47.2 Å². The zero-order chi connectivity index (χ0) is 21.3. The van der Waals surface area contributed by atoms with Gasteiger partial charge in [0.2, 0.25) is 5.91 Å². The Kier molecular flexibility index (Phi) is 9.90. The number of methoxy groups -OCH3 is 2. The van der Waals surface area contributed by atoms with Gasteiger partial charge in [-0.1, -0.05) is 31.4 Å². The number of benzene rings is 2. The van der Waals surface area contributed by atoms with E-state index in [0.29, 0.717) is 24.0 Å². The number of guanidine groups is 1. The summed E-state index contributed by atoms with van der Waals surface area (Å²) in [5, 5.41) is 6.09. The van der Waals surface area contributed by atoms with E-state index >= 15 is 0 Å². The van der Waals surface area contributed by atoms with Gasteiger partial charge in [0.25, 0.3) is 0 Å². The maximum atomic E-state index is 12.5. The van der Waals surface area contributed by atoms with Crippen LogP contribution >= 0.6 is 24.0 Å². The molecule has 1 aliphatic carbocycles. The maximum absolute atomic E-state index is 12.5. The van der Waals surface area contributed by atoms with Gasteiger partial charge in [0.1, 0.15) is 0 Å². The second kappa shape index (κ2) is 12.4. The molecule has 0 heterocycles. The molecule has 0 saturated heterocycles. The molecule has 0 atom stereocenters. The zero-order valence-corrected chi connectivity index (χ0v) is 20.3. The number of hydrogen-bond acceptors (Lipinski definition) is 4.